The number of carbonyl (C=O) groups is 1. The minimum Gasteiger partial charge on any atom is -0.446 e. The lowest BCUT2D eigenvalue weighted by atomic mass is 9.47. The van der Waals surface area contributed by atoms with Gasteiger partial charge in [-0.1, -0.05) is 83.2 Å². The van der Waals surface area contributed by atoms with Crippen LogP contribution in [-0.2, 0) is 4.74 Å². The molecular formula is C34H50ClNO2. The van der Waals surface area contributed by atoms with Crippen LogP contribution in [0.15, 0.2) is 35.9 Å². The normalized spacial score (nSPS) is 37.0. The Morgan fingerprint density at radius 2 is 1.89 bits per heavy atom. The van der Waals surface area contributed by atoms with Crippen molar-refractivity contribution in [3.63, 3.8) is 0 Å². The Kier molecular flexibility index (Phi) is 8.26. The fraction of sp³-hybridized carbons (Fsp3) is 0.735. The molecule has 0 heterocycles. The fourth-order valence-corrected chi connectivity index (χ4v) is 9.81. The van der Waals surface area contributed by atoms with E-state index in [2.05, 4.69) is 46.0 Å². The first kappa shape index (κ1) is 28.1. The van der Waals surface area contributed by atoms with E-state index >= 15 is 0 Å². The molecule has 0 saturated heterocycles. The van der Waals surface area contributed by atoms with E-state index in [1.165, 1.54) is 51.4 Å². The van der Waals surface area contributed by atoms with Gasteiger partial charge >= 0.3 is 6.09 Å². The number of hydrogen-bond donors (Lipinski definition) is 1. The van der Waals surface area contributed by atoms with Crippen molar-refractivity contribution in [2.75, 3.05) is 5.32 Å². The third-order valence-electron chi connectivity index (χ3n) is 11.6. The molecule has 3 fully saturated rings. The van der Waals surface area contributed by atoms with Crippen LogP contribution in [0.25, 0.3) is 0 Å². The van der Waals surface area contributed by atoms with Crippen LogP contribution in [0, 0.1) is 46.3 Å². The SMILES string of the molecule is CC(C)CCC[C@H](C)[C@@H]1CC[C@@H]2[C@H]3CC=C4C[C@@H](OC(=O)Nc5cccc(Cl)c5)CC[C@]4(C)[C@@H]3CC[C@@]21C. The number of fused-ring (bicyclic) bond motifs is 5. The van der Waals surface area contributed by atoms with Crippen LogP contribution in [0.2, 0.25) is 5.02 Å². The summed E-state index contributed by atoms with van der Waals surface area (Å²) < 4.78 is 5.90. The van der Waals surface area contributed by atoms with E-state index in [-0.39, 0.29) is 17.6 Å². The van der Waals surface area contributed by atoms with Gasteiger partial charge in [-0.25, -0.2) is 4.79 Å². The second-order valence-electron chi connectivity index (χ2n) is 14.2. The van der Waals surface area contributed by atoms with Crippen molar-refractivity contribution >= 4 is 23.4 Å². The number of amides is 1. The van der Waals surface area contributed by atoms with E-state index in [0.717, 1.165) is 54.8 Å². The minimum absolute atomic E-state index is 0.0403. The second kappa shape index (κ2) is 11.2. The van der Waals surface area contributed by atoms with Gasteiger partial charge in [0.2, 0.25) is 0 Å². The van der Waals surface area contributed by atoms with Gasteiger partial charge in [0.15, 0.2) is 0 Å². The maximum atomic E-state index is 12.6. The molecule has 1 N–H and O–H groups in total. The van der Waals surface area contributed by atoms with Crippen LogP contribution in [0.5, 0.6) is 0 Å². The van der Waals surface area contributed by atoms with Gasteiger partial charge in [0, 0.05) is 17.1 Å². The minimum atomic E-state index is -0.372. The lowest BCUT2D eigenvalue weighted by molar-refractivity contribution is -0.0577. The lowest BCUT2D eigenvalue weighted by Gasteiger charge is -2.58. The highest BCUT2D eigenvalue weighted by molar-refractivity contribution is 6.30. The fourth-order valence-electron chi connectivity index (χ4n) is 9.62. The van der Waals surface area contributed by atoms with Crippen molar-refractivity contribution in [1.82, 2.24) is 0 Å². The number of hydrogen-bond acceptors (Lipinski definition) is 2. The Labute approximate surface area is 236 Å². The number of anilines is 1. The second-order valence-corrected chi connectivity index (χ2v) is 14.6. The summed E-state index contributed by atoms with van der Waals surface area (Å²) >= 11 is 6.06. The van der Waals surface area contributed by atoms with Gasteiger partial charge < -0.3 is 4.74 Å². The Balaban J connectivity index is 1.22. The molecule has 4 heteroatoms. The average molecular weight is 540 g/mol. The van der Waals surface area contributed by atoms with Crippen LogP contribution in [0.4, 0.5) is 10.5 Å². The molecule has 8 atom stereocenters. The molecule has 3 nitrogen and oxygen atoms in total. The predicted molar refractivity (Wildman–Crippen MR) is 158 cm³/mol. The van der Waals surface area contributed by atoms with E-state index in [1.807, 2.05) is 12.1 Å². The molecule has 0 aliphatic heterocycles. The van der Waals surface area contributed by atoms with Gasteiger partial charge in [-0.2, -0.15) is 0 Å². The Morgan fingerprint density at radius 1 is 1.08 bits per heavy atom. The summed E-state index contributed by atoms with van der Waals surface area (Å²) in [5.41, 5.74) is 3.04. The summed E-state index contributed by atoms with van der Waals surface area (Å²) in [4.78, 5) is 12.6. The molecule has 0 bridgehead atoms. The molecule has 1 aromatic carbocycles. The highest BCUT2D eigenvalue weighted by Crippen LogP contribution is 2.67. The molecule has 1 amide bonds. The standard InChI is InChI=1S/C34H50ClNO2/c1-22(2)8-6-9-23(3)29-14-15-30-28-13-12-24-20-27(38-32(37)36-26-11-7-10-25(35)21-26)16-18-33(24,4)31(28)17-19-34(29,30)5/h7,10-12,21-23,27-31H,6,8-9,13-20H2,1-5H3,(H,36,37)/t23-,27-,28+,29-,30+,31+,33-,34+/m0/s1. The Bertz CT molecular complexity index is 1040. The van der Waals surface area contributed by atoms with Crippen LogP contribution in [0.1, 0.15) is 105 Å². The number of benzene rings is 1. The maximum Gasteiger partial charge on any atom is 0.411 e. The highest BCUT2D eigenvalue weighted by Gasteiger charge is 2.59. The van der Waals surface area contributed by atoms with Crippen molar-refractivity contribution in [3.05, 3.63) is 40.9 Å². The molecule has 0 unspecified atom stereocenters. The first-order valence-electron chi connectivity index (χ1n) is 15.5. The van der Waals surface area contributed by atoms with Gasteiger partial charge in [0.25, 0.3) is 0 Å². The smallest absolute Gasteiger partial charge is 0.411 e. The van der Waals surface area contributed by atoms with Crippen molar-refractivity contribution in [1.29, 1.82) is 0 Å². The number of rotatable bonds is 7. The summed E-state index contributed by atoms with van der Waals surface area (Å²) in [6, 6.07) is 7.23. The number of carbonyl (C=O) groups excluding carboxylic acids is 1. The van der Waals surface area contributed by atoms with Gasteiger partial charge in [-0.3, -0.25) is 5.32 Å². The van der Waals surface area contributed by atoms with Crippen LogP contribution in [0.3, 0.4) is 0 Å². The van der Waals surface area contributed by atoms with Gasteiger partial charge in [-0.05, 0) is 109 Å². The van der Waals surface area contributed by atoms with Crippen molar-refractivity contribution < 1.29 is 9.53 Å². The average Bonchev–Trinajstić information content (AvgIpc) is 3.21. The zero-order valence-corrected chi connectivity index (χ0v) is 25.2. The molecule has 210 valence electrons. The quantitative estimate of drug-likeness (QED) is 0.350. The van der Waals surface area contributed by atoms with Gasteiger partial charge in [-0.15, -0.1) is 0 Å². The summed E-state index contributed by atoms with van der Waals surface area (Å²) in [5, 5.41) is 3.46. The third-order valence-corrected chi connectivity index (χ3v) is 11.8. The molecule has 0 aromatic heterocycles. The summed E-state index contributed by atoms with van der Waals surface area (Å²) in [7, 11) is 0. The lowest BCUT2D eigenvalue weighted by Crippen LogP contribution is -2.51. The van der Waals surface area contributed by atoms with Crippen LogP contribution >= 0.6 is 11.6 Å². The van der Waals surface area contributed by atoms with Crippen LogP contribution in [-0.4, -0.2) is 12.2 Å². The third kappa shape index (κ3) is 5.43. The van der Waals surface area contributed by atoms with E-state index in [0.29, 0.717) is 16.1 Å². The highest BCUT2D eigenvalue weighted by atomic mass is 35.5. The molecular weight excluding hydrogens is 490 g/mol. The molecule has 5 rings (SSSR count). The first-order chi connectivity index (χ1) is 18.1. The van der Waals surface area contributed by atoms with E-state index in [4.69, 9.17) is 16.3 Å². The Hall–Kier alpha value is -1.48. The molecule has 1 aromatic rings. The topological polar surface area (TPSA) is 38.3 Å². The molecule has 4 aliphatic rings. The van der Waals surface area contributed by atoms with E-state index < -0.39 is 0 Å². The molecule has 3 saturated carbocycles. The zero-order valence-electron chi connectivity index (χ0n) is 24.4. The van der Waals surface area contributed by atoms with Crippen LogP contribution < -0.4 is 5.32 Å². The number of ether oxygens (including phenoxy) is 1. The van der Waals surface area contributed by atoms with Crippen molar-refractivity contribution in [2.24, 2.45) is 46.3 Å². The molecule has 0 radical (unpaired) electrons. The zero-order chi connectivity index (χ0) is 27.1. The van der Waals surface area contributed by atoms with E-state index in [9.17, 15) is 4.79 Å². The number of nitrogens with one attached hydrogen (secondary N) is 1. The molecule has 4 aliphatic carbocycles. The molecule has 0 spiro atoms. The number of allylic oxidation sites excluding steroid dienone is 1. The monoisotopic (exact) mass is 539 g/mol. The van der Waals surface area contributed by atoms with Crippen molar-refractivity contribution in [3.8, 4) is 0 Å². The van der Waals surface area contributed by atoms with E-state index in [1.54, 1.807) is 17.7 Å². The first-order valence-corrected chi connectivity index (χ1v) is 15.9. The van der Waals surface area contributed by atoms with Gasteiger partial charge in [0.1, 0.15) is 6.10 Å². The Morgan fingerprint density at radius 3 is 2.66 bits per heavy atom. The predicted octanol–water partition coefficient (Wildman–Crippen LogP) is 10.3. The maximum absolute atomic E-state index is 12.6. The summed E-state index contributed by atoms with van der Waals surface area (Å²) in [6.45, 7) is 12.5. The number of halogens is 1. The summed E-state index contributed by atoms with van der Waals surface area (Å²) in [6.07, 6.45) is 16.2. The molecule has 38 heavy (non-hydrogen) atoms. The summed E-state index contributed by atoms with van der Waals surface area (Å²) in [5.74, 6) is 5.09. The van der Waals surface area contributed by atoms with Gasteiger partial charge in [0.05, 0.1) is 0 Å². The largest absolute Gasteiger partial charge is 0.446 e. The van der Waals surface area contributed by atoms with Crippen molar-refractivity contribution in [2.45, 2.75) is 111 Å².